The van der Waals surface area contributed by atoms with Crippen LogP contribution >= 0.6 is 0 Å². The highest BCUT2D eigenvalue weighted by Crippen LogP contribution is 2.17. The lowest BCUT2D eigenvalue weighted by atomic mass is 10.3. The van der Waals surface area contributed by atoms with Crippen LogP contribution in [0.5, 0.6) is 0 Å². The standard InChI is InChI=1S/C17H26N4O4S/c1-3-9-18-16(22)14(2)19-17(23)20-10-12-21(13-11-20)26(24,25)15-7-5-4-6-8-15/h4-8,14H,3,9-13H2,1-2H3,(H,18,22)(H,19,23). The first kappa shape index (κ1) is 20.2. The SMILES string of the molecule is CCCNC(=O)C(C)NC(=O)N1CCN(S(=O)(=O)c2ccccc2)CC1. The van der Waals surface area contributed by atoms with Crippen LogP contribution in [-0.2, 0) is 14.8 Å². The molecule has 144 valence electrons. The van der Waals surface area contributed by atoms with Crippen molar-refractivity contribution in [3.8, 4) is 0 Å². The second-order valence-electron chi connectivity index (χ2n) is 6.17. The molecule has 1 unspecified atom stereocenters. The molecule has 26 heavy (non-hydrogen) atoms. The molecule has 1 heterocycles. The van der Waals surface area contributed by atoms with Crippen molar-refractivity contribution in [3.63, 3.8) is 0 Å². The van der Waals surface area contributed by atoms with Crippen LogP contribution in [0.15, 0.2) is 35.2 Å². The molecule has 9 heteroatoms. The molecular formula is C17H26N4O4S. The zero-order valence-corrected chi connectivity index (χ0v) is 16.0. The number of urea groups is 1. The smallest absolute Gasteiger partial charge is 0.318 e. The molecule has 1 saturated heterocycles. The summed E-state index contributed by atoms with van der Waals surface area (Å²) in [4.78, 5) is 25.9. The first-order valence-electron chi connectivity index (χ1n) is 8.74. The van der Waals surface area contributed by atoms with E-state index < -0.39 is 16.1 Å². The summed E-state index contributed by atoms with van der Waals surface area (Å²) in [6, 6.07) is 7.25. The maximum atomic E-state index is 12.6. The predicted octanol–water partition coefficient (Wildman–Crippen LogP) is 0.617. The first-order chi connectivity index (χ1) is 12.4. The van der Waals surface area contributed by atoms with E-state index in [-0.39, 0.29) is 43.0 Å². The summed E-state index contributed by atoms with van der Waals surface area (Å²) in [7, 11) is -3.55. The Morgan fingerprint density at radius 2 is 1.73 bits per heavy atom. The minimum atomic E-state index is -3.55. The van der Waals surface area contributed by atoms with Gasteiger partial charge in [-0.05, 0) is 25.5 Å². The molecule has 0 saturated carbocycles. The molecule has 0 bridgehead atoms. The third-order valence-corrected chi connectivity index (χ3v) is 6.10. The molecule has 0 spiro atoms. The predicted molar refractivity (Wildman–Crippen MR) is 98.1 cm³/mol. The number of hydrogen-bond acceptors (Lipinski definition) is 4. The number of carbonyl (C=O) groups is 2. The Morgan fingerprint density at radius 1 is 1.12 bits per heavy atom. The topological polar surface area (TPSA) is 98.8 Å². The van der Waals surface area contributed by atoms with Crippen LogP contribution in [0.2, 0.25) is 0 Å². The second kappa shape index (κ2) is 9.00. The van der Waals surface area contributed by atoms with Crippen LogP contribution in [0, 0.1) is 0 Å². The lowest BCUT2D eigenvalue weighted by Gasteiger charge is -2.34. The Morgan fingerprint density at radius 3 is 2.31 bits per heavy atom. The summed E-state index contributed by atoms with van der Waals surface area (Å²) in [6.45, 7) is 5.14. The molecule has 0 radical (unpaired) electrons. The maximum Gasteiger partial charge on any atom is 0.318 e. The Labute approximate surface area is 154 Å². The van der Waals surface area contributed by atoms with Crippen LogP contribution in [0.3, 0.4) is 0 Å². The average Bonchev–Trinajstić information content (AvgIpc) is 2.66. The third-order valence-electron chi connectivity index (χ3n) is 4.19. The Bertz CT molecular complexity index is 716. The van der Waals surface area contributed by atoms with Gasteiger partial charge in [-0.2, -0.15) is 4.31 Å². The summed E-state index contributed by atoms with van der Waals surface area (Å²) in [6.07, 6.45) is 0.824. The van der Waals surface area contributed by atoms with Gasteiger partial charge in [-0.25, -0.2) is 13.2 Å². The van der Waals surface area contributed by atoms with Crippen molar-refractivity contribution in [1.29, 1.82) is 0 Å². The molecule has 0 aliphatic carbocycles. The average molecular weight is 382 g/mol. The number of sulfonamides is 1. The van der Waals surface area contributed by atoms with Crippen molar-refractivity contribution in [2.75, 3.05) is 32.7 Å². The Balaban J connectivity index is 1.88. The van der Waals surface area contributed by atoms with E-state index in [0.717, 1.165) is 6.42 Å². The van der Waals surface area contributed by atoms with Crippen LogP contribution in [0.1, 0.15) is 20.3 Å². The van der Waals surface area contributed by atoms with Gasteiger partial charge in [0.1, 0.15) is 6.04 Å². The van der Waals surface area contributed by atoms with E-state index in [0.29, 0.717) is 6.54 Å². The molecule has 3 amide bonds. The number of nitrogens with zero attached hydrogens (tertiary/aromatic N) is 2. The number of carbonyl (C=O) groups excluding carboxylic acids is 2. The summed E-state index contributed by atoms with van der Waals surface area (Å²) < 4.78 is 26.5. The normalized spacial score (nSPS) is 16.8. The zero-order chi connectivity index (χ0) is 19.2. The number of hydrogen-bond donors (Lipinski definition) is 2. The van der Waals surface area contributed by atoms with Crippen LogP contribution < -0.4 is 10.6 Å². The minimum Gasteiger partial charge on any atom is -0.354 e. The van der Waals surface area contributed by atoms with E-state index in [9.17, 15) is 18.0 Å². The van der Waals surface area contributed by atoms with E-state index in [2.05, 4.69) is 10.6 Å². The van der Waals surface area contributed by atoms with Gasteiger partial charge in [-0.1, -0.05) is 25.1 Å². The van der Waals surface area contributed by atoms with Gasteiger partial charge in [-0.15, -0.1) is 0 Å². The highest BCUT2D eigenvalue weighted by atomic mass is 32.2. The minimum absolute atomic E-state index is 0.223. The largest absolute Gasteiger partial charge is 0.354 e. The van der Waals surface area contributed by atoms with Gasteiger partial charge in [0.15, 0.2) is 0 Å². The van der Waals surface area contributed by atoms with Gasteiger partial charge in [0.25, 0.3) is 0 Å². The molecular weight excluding hydrogens is 356 g/mol. The molecule has 0 aromatic heterocycles. The molecule has 1 aliphatic rings. The van der Waals surface area contributed by atoms with Crippen molar-refractivity contribution >= 4 is 22.0 Å². The molecule has 2 N–H and O–H groups in total. The Hall–Kier alpha value is -2.13. The van der Waals surface area contributed by atoms with Gasteiger partial charge in [0.2, 0.25) is 15.9 Å². The van der Waals surface area contributed by atoms with Gasteiger partial charge in [0.05, 0.1) is 4.90 Å². The van der Waals surface area contributed by atoms with Gasteiger partial charge in [0, 0.05) is 32.7 Å². The van der Waals surface area contributed by atoms with E-state index in [1.807, 2.05) is 6.92 Å². The van der Waals surface area contributed by atoms with E-state index in [1.54, 1.807) is 37.3 Å². The van der Waals surface area contributed by atoms with Crippen LogP contribution in [0.4, 0.5) is 4.79 Å². The lowest BCUT2D eigenvalue weighted by Crippen LogP contribution is -2.56. The van der Waals surface area contributed by atoms with Crippen LogP contribution in [-0.4, -0.2) is 68.3 Å². The number of benzene rings is 1. The van der Waals surface area contributed by atoms with E-state index in [1.165, 1.54) is 9.21 Å². The highest BCUT2D eigenvalue weighted by Gasteiger charge is 2.30. The van der Waals surface area contributed by atoms with E-state index >= 15 is 0 Å². The number of amides is 3. The fourth-order valence-electron chi connectivity index (χ4n) is 2.62. The van der Waals surface area contributed by atoms with Crippen molar-refractivity contribution in [1.82, 2.24) is 19.8 Å². The van der Waals surface area contributed by atoms with Crippen molar-refractivity contribution in [3.05, 3.63) is 30.3 Å². The van der Waals surface area contributed by atoms with Crippen molar-refractivity contribution in [2.45, 2.75) is 31.2 Å². The fraction of sp³-hybridized carbons (Fsp3) is 0.529. The summed E-state index contributed by atoms with van der Waals surface area (Å²) in [5, 5.41) is 5.38. The van der Waals surface area contributed by atoms with Gasteiger partial charge < -0.3 is 15.5 Å². The number of rotatable bonds is 6. The molecule has 1 aromatic rings. The highest BCUT2D eigenvalue weighted by molar-refractivity contribution is 7.89. The van der Waals surface area contributed by atoms with Gasteiger partial charge in [-0.3, -0.25) is 4.79 Å². The lowest BCUT2D eigenvalue weighted by molar-refractivity contribution is -0.122. The summed E-state index contributed by atoms with van der Waals surface area (Å²) in [5.41, 5.74) is 0. The molecule has 1 aromatic carbocycles. The van der Waals surface area contributed by atoms with E-state index in [4.69, 9.17) is 0 Å². The Kier molecular flexibility index (Phi) is 6.98. The second-order valence-corrected chi connectivity index (χ2v) is 8.10. The van der Waals surface area contributed by atoms with Crippen molar-refractivity contribution in [2.24, 2.45) is 0 Å². The molecule has 1 aliphatic heterocycles. The molecule has 1 atom stereocenters. The third kappa shape index (κ3) is 4.95. The van der Waals surface area contributed by atoms with Crippen molar-refractivity contribution < 1.29 is 18.0 Å². The molecule has 8 nitrogen and oxygen atoms in total. The molecule has 1 fully saturated rings. The monoisotopic (exact) mass is 382 g/mol. The summed E-state index contributed by atoms with van der Waals surface area (Å²) >= 11 is 0. The number of nitrogens with one attached hydrogen (secondary N) is 2. The summed E-state index contributed by atoms with van der Waals surface area (Å²) in [5.74, 6) is -0.231. The number of piperazine rings is 1. The zero-order valence-electron chi connectivity index (χ0n) is 15.1. The molecule has 2 rings (SSSR count). The van der Waals surface area contributed by atoms with Gasteiger partial charge >= 0.3 is 6.03 Å². The fourth-order valence-corrected chi connectivity index (χ4v) is 4.06. The quantitative estimate of drug-likeness (QED) is 0.753. The van der Waals surface area contributed by atoms with Crippen LogP contribution in [0.25, 0.3) is 0 Å². The maximum absolute atomic E-state index is 12.6. The first-order valence-corrected chi connectivity index (χ1v) is 10.2.